The van der Waals surface area contributed by atoms with Gasteiger partial charge in [-0.25, -0.2) is 9.37 Å². The quantitative estimate of drug-likeness (QED) is 0.824. The standard InChI is InChI=1S/C14H12ClFN2S/c15-12-5-2-6-13(18-12)17-11-7-8-19-14-9(11)3-1-4-10(14)16/h1-6,11H,7-8H2,(H,17,18). The van der Waals surface area contributed by atoms with Gasteiger partial charge in [-0.05, 0) is 30.2 Å². The van der Waals surface area contributed by atoms with Crippen LogP contribution in [0.25, 0.3) is 0 Å². The zero-order valence-corrected chi connectivity index (χ0v) is 11.6. The van der Waals surface area contributed by atoms with E-state index in [2.05, 4.69) is 10.3 Å². The van der Waals surface area contributed by atoms with Crippen molar-refractivity contribution >= 4 is 29.2 Å². The van der Waals surface area contributed by atoms with Gasteiger partial charge >= 0.3 is 0 Å². The van der Waals surface area contributed by atoms with E-state index in [1.807, 2.05) is 18.2 Å². The highest BCUT2D eigenvalue weighted by Gasteiger charge is 2.23. The molecule has 0 saturated heterocycles. The Morgan fingerprint density at radius 1 is 1.26 bits per heavy atom. The van der Waals surface area contributed by atoms with Crippen LogP contribution in [0, 0.1) is 5.82 Å². The third-order valence-electron chi connectivity index (χ3n) is 3.06. The zero-order chi connectivity index (χ0) is 13.2. The Morgan fingerprint density at radius 3 is 2.95 bits per heavy atom. The molecule has 1 aromatic heterocycles. The van der Waals surface area contributed by atoms with Gasteiger partial charge in [0.25, 0.3) is 0 Å². The highest BCUT2D eigenvalue weighted by molar-refractivity contribution is 7.99. The zero-order valence-electron chi connectivity index (χ0n) is 10.1. The number of benzene rings is 1. The Hall–Kier alpha value is -1.26. The van der Waals surface area contributed by atoms with E-state index in [0.29, 0.717) is 5.15 Å². The summed E-state index contributed by atoms with van der Waals surface area (Å²) in [5.41, 5.74) is 0.998. The van der Waals surface area contributed by atoms with Crippen molar-refractivity contribution in [3.05, 3.63) is 52.9 Å². The molecular weight excluding hydrogens is 283 g/mol. The molecule has 1 aliphatic heterocycles. The number of hydrogen-bond acceptors (Lipinski definition) is 3. The van der Waals surface area contributed by atoms with Crippen LogP contribution < -0.4 is 5.32 Å². The SMILES string of the molecule is Fc1cccc2c1SCCC2Nc1cccc(Cl)n1. The average Bonchev–Trinajstić information content (AvgIpc) is 2.40. The fourth-order valence-electron chi connectivity index (χ4n) is 2.20. The van der Waals surface area contributed by atoms with E-state index in [1.54, 1.807) is 23.9 Å². The van der Waals surface area contributed by atoms with Crippen molar-refractivity contribution in [1.29, 1.82) is 0 Å². The van der Waals surface area contributed by atoms with Crippen molar-refractivity contribution in [2.24, 2.45) is 0 Å². The third kappa shape index (κ3) is 2.69. The summed E-state index contributed by atoms with van der Waals surface area (Å²) in [6.07, 6.45) is 0.940. The van der Waals surface area contributed by atoms with Gasteiger partial charge in [-0.15, -0.1) is 11.8 Å². The van der Waals surface area contributed by atoms with Crippen LogP contribution in [-0.2, 0) is 0 Å². The smallest absolute Gasteiger partial charge is 0.137 e. The van der Waals surface area contributed by atoms with Gasteiger partial charge in [-0.2, -0.15) is 0 Å². The molecule has 3 rings (SSSR count). The maximum absolute atomic E-state index is 13.8. The van der Waals surface area contributed by atoms with Gasteiger partial charge in [0, 0.05) is 10.6 Å². The Balaban J connectivity index is 1.90. The number of fused-ring (bicyclic) bond motifs is 1. The Kier molecular flexibility index (Phi) is 3.62. The van der Waals surface area contributed by atoms with Gasteiger partial charge < -0.3 is 5.32 Å². The second kappa shape index (κ2) is 5.39. The minimum atomic E-state index is -0.145. The van der Waals surface area contributed by atoms with Crippen LogP contribution in [0.4, 0.5) is 10.2 Å². The maximum atomic E-state index is 13.8. The fraction of sp³-hybridized carbons (Fsp3) is 0.214. The van der Waals surface area contributed by atoms with Crippen molar-refractivity contribution in [1.82, 2.24) is 4.98 Å². The minimum absolute atomic E-state index is 0.0814. The number of thioether (sulfide) groups is 1. The van der Waals surface area contributed by atoms with Crippen molar-refractivity contribution in [2.75, 3.05) is 11.1 Å². The molecule has 19 heavy (non-hydrogen) atoms. The first kappa shape index (κ1) is 12.8. The van der Waals surface area contributed by atoms with E-state index in [-0.39, 0.29) is 11.9 Å². The van der Waals surface area contributed by atoms with E-state index in [0.717, 1.165) is 28.5 Å². The highest BCUT2D eigenvalue weighted by Crippen LogP contribution is 2.39. The molecule has 0 bridgehead atoms. The predicted molar refractivity (Wildman–Crippen MR) is 77.4 cm³/mol. The molecule has 0 saturated carbocycles. The molecule has 2 aromatic rings. The van der Waals surface area contributed by atoms with Gasteiger partial charge in [-0.3, -0.25) is 0 Å². The Bertz CT molecular complexity index is 606. The number of nitrogens with zero attached hydrogens (tertiary/aromatic N) is 1. The topological polar surface area (TPSA) is 24.9 Å². The van der Waals surface area contributed by atoms with Crippen LogP contribution in [0.1, 0.15) is 18.0 Å². The molecular formula is C14H12ClFN2S. The van der Waals surface area contributed by atoms with Crippen LogP contribution in [0.2, 0.25) is 5.15 Å². The van der Waals surface area contributed by atoms with Crippen molar-refractivity contribution in [2.45, 2.75) is 17.4 Å². The maximum Gasteiger partial charge on any atom is 0.137 e. The monoisotopic (exact) mass is 294 g/mol. The van der Waals surface area contributed by atoms with Crippen molar-refractivity contribution in [3.63, 3.8) is 0 Å². The van der Waals surface area contributed by atoms with Crippen LogP contribution in [0.15, 0.2) is 41.3 Å². The second-order valence-electron chi connectivity index (χ2n) is 4.34. The Labute approximate surface area is 120 Å². The lowest BCUT2D eigenvalue weighted by Crippen LogP contribution is -2.17. The van der Waals surface area contributed by atoms with Crippen molar-refractivity contribution < 1.29 is 4.39 Å². The first-order chi connectivity index (χ1) is 9.24. The summed E-state index contributed by atoms with van der Waals surface area (Å²) >= 11 is 7.44. The number of nitrogens with one attached hydrogen (secondary N) is 1. The number of anilines is 1. The number of hydrogen-bond donors (Lipinski definition) is 1. The van der Waals surface area contributed by atoms with Crippen molar-refractivity contribution in [3.8, 4) is 0 Å². The number of aromatic nitrogens is 1. The molecule has 0 amide bonds. The van der Waals surface area contributed by atoms with E-state index >= 15 is 0 Å². The van der Waals surface area contributed by atoms with Crippen LogP contribution in [0.5, 0.6) is 0 Å². The second-order valence-corrected chi connectivity index (χ2v) is 5.83. The van der Waals surface area contributed by atoms with Gasteiger partial charge in [-0.1, -0.05) is 29.8 Å². The third-order valence-corrected chi connectivity index (χ3v) is 4.43. The average molecular weight is 295 g/mol. The normalized spacial score (nSPS) is 17.9. The number of pyridine rings is 1. The van der Waals surface area contributed by atoms with Crippen LogP contribution in [-0.4, -0.2) is 10.7 Å². The van der Waals surface area contributed by atoms with E-state index in [1.165, 1.54) is 6.07 Å². The molecule has 2 heterocycles. The lowest BCUT2D eigenvalue weighted by atomic mass is 10.0. The molecule has 0 radical (unpaired) electrons. The molecule has 5 heteroatoms. The van der Waals surface area contributed by atoms with E-state index in [4.69, 9.17) is 11.6 Å². The molecule has 0 fully saturated rings. The summed E-state index contributed by atoms with van der Waals surface area (Å²) in [4.78, 5) is 4.96. The summed E-state index contributed by atoms with van der Waals surface area (Å²) in [7, 11) is 0. The lowest BCUT2D eigenvalue weighted by molar-refractivity contribution is 0.584. The number of halogens is 2. The van der Waals surface area contributed by atoms with Gasteiger partial charge in [0.05, 0.1) is 6.04 Å². The van der Waals surface area contributed by atoms with Gasteiger partial charge in [0.1, 0.15) is 16.8 Å². The fourth-order valence-corrected chi connectivity index (χ4v) is 3.51. The number of rotatable bonds is 2. The summed E-state index contributed by atoms with van der Waals surface area (Å²) < 4.78 is 13.8. The first-order valence-corrected chi connectivity index (χ1v) is 7.41. The summed E-state index contributed by atoms with van der Waals surface area (Å²) in [5.74, 6) is 1.47. The first-order valence-electron chi connectivity index (χ1n) is 6.04. The molecule has 98 valence electrons. The van der Waals surface area contributed by atoms with E-state index in [9.17, 15) is 4.39 Å². The summed E-state index contributed by atoms with van der Waals surface area (Å²) in [5, 5.41) is 3.78. The van der Waals surface area contributed by atoms with Gasteiger partial charge in [0.15, 0.2) is 0 Å². The molecule has 2 nitrogen and oxygen atoms in total. The summed E-state index contributed by atoms with van der Waals surface area (Å²) in [6, 6.07) is 10.8. The van der Waals surface area contributed by atoms with E-state index < -0.39 is 0 Å². The molecule has 1 atom stereocenters. The lowest BCUT2D eigenvalue weighted by Gasteiger charge is -2.26. The summed E-state index contributed by atoms with van der Waals surface area (Å²) in [6.45, 7) is 0. The molecule has 0 spiro atoms. The van der Waals surface area contributed by atoms with Gasteiger partial charge in [0.2, 0.25) is 0 Å². The Morgan fingerprint density at radius 2 is 2.11 bits per heavy atom. The minimum Gasteiger partial charge on any atom is -0.363 e. The molecule has 0 aliphatic carbocycles. The molecule has 1 N–H and O–H groups in total. The largest absolute Gasteiger partial charge is 0.363 e. The highest BCUT2D eigenvalue weighted by atomic mass is 35.5. The van der Waals surface area contributed by atoms with Crippen LogP contribution >= 0.6 is 23.4 Å². The molecule has 1 aliphatic rings. The predicted octanol–water partition coefficient (Wildman–Crippen LogP) is 4.52. The molecule has 1 unspecified atom stereocenters. The van der Waals surface area contributed by atoms with Crippen LogP contribution in [0.3, 0.4) is 0 Å². The molecule has 1 aromatic carbocycles.